The van der Waals surface area contributed by atoms with E-state index in [1.165, 1.54) is 0 Å². The Morgan fingerprint density at radius 1 is 1.16 bits per heavy atom. The summed E-state index contributed by atoms with van der Waals surface area (Å²) in [6.45, 7) is 0. The third-order valence-corrected chi connectivity index (χ3v) is 3.50. The topological polar surface area (TPSA) is 55.1 Å². The van der Waals surface area contributed by atoms with Crippen LogP contribution in [-0.2, 0) is 4.79 Å². The largest absolute Gasteiger partial charge is 0.324 e. The molecule has 0 spiro atoms. The predicted octanol–water partition coefficient (Wildman–Crippen LogP) is 3.05. The van der Waals surface area contributed by atoms with Crippen LogP contribution in [-0.4, -0.2) is 12.2 Å². The summed E-state index contributed by atoms with van der Waals surface area (Å²) >= 11 is 1.63. The molecule has 0 saturated carbocycles. The summed E-state index contributed by atoms with van der Waals surface area (Å²) in [4.78, 5) is 13.2. The van der Waals surface area contributed by atoms with Crippen molar-refractivity contribution >= 4 is 23.4 Å². The predicted molar refractivity (Wildman–Crippen MR) is 80.2 cm³/mol. The molecule has 1 atom stereocenters. The number of amides is 1. The van der Waals surface area contributed by atoms with Crippen LogP contribution in [0.5, 0.6) is 0 Å². The Bertz CT molecular complexity index is 557. The molecule has 3 nitrogen and oxygen atoms in total. The SMILES string of the molecule is CSc1cccc(NC(=O)[C@@H](N)c2ccccc2)c1. The first-order valence-electron chi connectivity index (χ1n) is 5.96. The summed E-state index contributed by atoms with van der Waals surface area (Å²) in [6.07, 6.45) is 2.00. The number of carbonyl (C=O) groups is 1. The van der Waals surface area contributed by atoms with E-state index in [2.05, 4.69) is 5.32 Å². The van der Waals surface area contributed by atoms with Gasteiger partial charge in [-0.1, -0.05) is 36.4 Å². The number of anilines is 1. The maximum absolute atomic E-state index is 12.1. The van der Waals surface area contributed by atoms with Crippen LogP contribution >= 0.6 is 11.8 Å². The first-order valence-corrected chi connectivity index (χ1v) is 7.18. The van der Waals surface area contributed by atoms with Crippen LogP contribution in [0.15, 0.2) is 59.5 Å². The summed E-state index contributed by atoms with van der Waals surface area (Å²) in [5.41, 5.74) is 7.51. The summed E-state index contributed by atoms with van der Waals surface area (Å²) in [7, 11) is 0. The summed E-state index contributed by atoms with van der Waals surface area (Å²) in [5.74, 6) is -0.204. The molecule has 2 aromatic rings. The molecule has 19 heavy (non-hydrogen) atoms. The first kappa shape index (κ1) is 13.6. The highest BCUT2D eigenvalue weighted by atomic mass is 32.2. The maximum atomic E-state index is 12.1. The van der Waals surface area contributed by atoms with E-state index >= 15 is 0 Å². The van der Waals surface area contributed by atoms with E-state index in [0.29, 0.717) is 0 Å². The van der Waals surface area contributed by atoms with Gasteiger partial charge < -0.3 is 11.1 Å². The molecule has 0 heterocycles. The molecule has 0 bridgehead atoms. The van der Waals surface area contributed by atoms with Gasteiger partial charge in [-0.3, -0.25) is 4.79 Å². The molecule has 2 aromatic carbocycles. The number of carbonyl (C=O) groups excluding carboxylic acids is 1. The fraction of sp³-hybridized carbons (Fsp3) is 0.133. The number of nitrogens with two attached hydrogens (primary N) is 1. The average molecular weight is 272 g/mol. The molecule has 0 fully saturated rings. The van der Waals surface area contributed by atoms with E-state index in [9.17, 15) is 4.79 Å². The minimum Gasteiger partial charge on any atom is -0.324 e. The summed E-state index contributed by atoms with van der Waals surface area (Å²) in [6, 6.07) is 16.4. The van der Waals surface area contributed by atoms with E-state index in [-0.39, 0.29) is 5.91 Å². The van der Waals surface area contributed by atoms with Gasteiger partial charge >= 0.3 is 0 Å². The third-order valence-electron chi connectivity index (χ3n) is 2.78. The zero-order valence-electron chi connectivity index (χ0n) is 10.7. The normalized spacial score (nSPS) is 11.9. The minimum absolute atomic E-state index is 0.204. The van der Waals surface area contributed by atoms with Gasteiger partial charge in [0.2, 0.25) is 5.91 Å². The molecule has 0 aliphatic heterocycles. The number of hydrogen-bond acceptors (Lipinski definition) is 3. The second-order valence-corrected chi connectivity index (χ2v) is 4.99. The molecule has 2 rings (SSSR count). The van der Waals surface area contributed by atoms with Crippen LogP contribution in [0.1, 0.15) is 11.6 Å². The number of nitrogens with one attached hydrogen (secondary N) is 1. The molecule has 4 heteroatoms. The quantitative estimate of drug-likeness (QED) is 0.841. The highest BCUT2D eigenvalue weighted by molar-refractivity contribution is 7.98. The lowest BCUT2D eigenvalue weighted by Gasteiger charge is -2.13. The minimum atomic E-state index is -0.654. The fourth-order valence-electron chi connectivity index (χ4n) is 1.73. The van der Waals surface area contributed by atoms with Crippen molar-refractivity contribution in [2.24, 2.45) is 5.73 Å². The van der Waals surface area contributed by atoms with E-state index < -0.39 is 6.04 Å². The Kier molecular flexibility index (Phi) is 4.60. The van der Waals surface area contributed by atoms with Crippen molar-refractivity contribution in [1.29, 1.82) is 0 Å². The molecular weight excluding hydrogens is 256 g/mol. The van der Waals surface area contributed by atoms with Gasteiger partial charge in [-0.05, 0) is 30.0 Å². The van der Waals surface area contributed by atoms with E-state index in [4.69, 9.17) is 5.73 Å². The number of rotatable bonds is 4. The number of thioether (sulfide) groups is 1. The van der Waals surface area contributed by atoms with Crippen molar-refractivity contribution in [2.45, 2.75) is 10.9 Å². The van der Waals surface area contributed by atoms with E-state index in [1.54, 1.807) is 11.8 Å². The highest BCUT2D eigenvalue weighted by Gasteiger charge is 2.15. The monoisotopic (exact) mass is 272 g/mol. The second-order valence-electron chi connectivity index (χ2n) is 4.11. The highest BCUT2D eigenvalue weighted by Crippen LogP contribution is 2.20. The number of benzene rings is 2. The Labute approximate surface area is 117 Å². The van der Waals surface area contributed by atoms with Gasteiger partial charge in [0.1, 0.15) is 6.04 Å². The van der Waals surface area contributed by atoms with Crippen molar-refractivity contribution in [3.8, 4) is 0 Å². The van der Waals surface area contributed by atoms with Crippen LogP contribution < -0.4 is 11.1 Å². The molecular formula is C15H16N2OS. The van der Waals surface area contributed by atoms with Crippen LogP contribution in [0, 0.1) is 0 Å². The third kappa shape index (κ3) is 3.59. The second kappa shape index (κ2) is 6.41. The molecule has 1 amide bonds. The lowest BCUT2D eigenvalue weighted by atomic mass is 10.1. The van der Waals surface area contributed by atoms with Gasteiger partial charge in [-0.2, -0.15) is 0 Å². The molecule has 0 aromatic heterocycles. The average Bonchev–Trinajstić information content (AvgIpc) is 2.47. The van der Waals surface area contributed by atoms with Crippen molar-refractivity contribution in [3.05, 3.63) is 60.2 Å². The van der Waals surface area contributed by atoms with Crippen LogP contribution in [0.3, 0.4) is 0 Å². The van der Waals surface area contributed by atoms with E-state index in [0.717, 1.165) is 16.1 Å². The van der Waals surface area contributed by atoms with Crippen LogP contribution in [0.2, 0.25) is 0 Å². The Morgan fingerprint density at radius 3 is 2.58 bits per heavy atom. The molecule has 0 radical (unpaired) electrons. The van der Waals surface area contributed by atoms with Gasteiger partial charge in [0.15, 0.2) is 0 Å². The van der Waals surface area contributed by atoms with Crippen molar-refractivity contribution in [1.82, 2.24) is 0 Å². The van der Waals surface area contributed by atoms with Crippen molar-refractivity contribution < 1.29 is 4.79 Å². The molecule has 3 N–H and O–H groups in total. The maximum Gasteiger partial charge on any atom is 0.245 e. The number of hydrogen-bond donors (Lipinski definition) is 2. The Balaban J connectivity index is 2.08. The van der Waals surface area contributed by atoms with Gasteiger partial charge in [-0.25, -0.2) is 0 Å². The van der Waals surface area contributed by atoms with Crippen molar-refractivity contribution in [3.63, 3.8) is 0 Å². The standard InChI is InChI=1S/C15H16N2OS/c1-19-13-9-5-8-12(10-13)17-15(18)14(16)11-6-3-2-4-7-11/h2-10,14H,16H2,1H3,(H,17,18)/t14-/m0/s1. The fourth-order valence-corrected chi connectivity index (χ4v) is 2.19. The van der Waals surface area contributed by atoms with Gasteiger partial charge in [0.25, 0.3) is 0 Å². The first-order chi connectivity index (χ1) is 9.20. The lowest BCUT2D eigenvalue weighted by Crippen LogP contribution is -2.27. The van der Waals surface area contributed by atoms with Crippen molar-refractivity contribution in [2.75, 3.05) is 11.6 Å². The molecule has 0 unspecified atom stereocenters. The Morgan fingerprint density at radius 2 is 1.89 bits per heavy atom. The van der Waals surface area contributed by atoms with Gasteiger partial charge in [0.05, 0.1) is 0 Å². The molecule has 0 saturated heterocycles. The zero-order valence-corrected chi connectivity index (χ0v) is 11.5. The smallest absolute Gasteiger partial charge is 0.245 e. The Hall–Kier alpha value is -1.78. The zero-order chi connectivity index (χ0) is 13.7. The van der Waals surface area contributed by atoms with E-state index in [1.807, 2.05) is 60.9 Å². The summed E-state index contributed by atoms with van der Waals surface area (Å²) in [5, 5.41) is 2.84. The lowest BCUT2D eigenvalue weighted by molar-refractivity contribution is -0.117. The molecule has 0 aliphatic rings. The van der Waals surface area contributed by atoms with Gasteiger partial charge in [-0.15, -0.1) is 11.8 Å². The summed E-state index contributed by atoms with van der Waals surface area (Å²) < 4.78 is 0. The van der Waals surface area contributed by atoms with Crippen LogP contribution in [0.4, 0.5) is 5.69 Å². The van der Waals surface area contributed by atoms with Gasteiger partial charge in [0, 0.05) is 10.6 Å². The van der Waals surface area contributed by atoms with Crippen LogP contribution in [0.25, 0.3) is 0 Å². The molecule has 0 aliphatic carbocycles. The molecule has 98 valence electrons.